The van der Waals surface area contributed by atoms with E-state index in [1.54, 1.807) is 41.5 Å². The number of carbonyl (C=O) groups is 4. The smallest absolute Gasteiger partial charge is 0.326 e. The molecule has 1 heterocycles. The molecule has 2 aromatic rings. The summed E-state index contributed by atoms with van der Waals surface area (Å²) in [6.45, 7) is 17.0. The molecule has 1 aromatic carbocycles. The third-order valence-electron chi connectivity index (χ3n) is 6.00. The fraction of sp³-hybridized carbons (Fsp3) is 0.594. The largest absolute Gasteiger partial charge is 0.425 e. The van der Waals surface area contributed by atoms with E-state index in [9.17, 15) is 19.2 Å². The molecular formula is C32H46N2O8S. The molecule has 10 nitrogen and oxygen atoms in total. The number of thiazole rings is 1. The highest BCUT2D eigenvalue weighted by Crippen LogP contribution is 2.25. The number of nitrogens with one attached hydrogen (secondary N) is 1. The molecule has 43 heavy (non-hydrogen) atoms. The van der Waals surface area contributed by atoms with Gasteiger partial charge in [-0.05, 0) is 53.9 Å². The molecule has 1 aromatic heterocycles. The van der Waals surface area contributed by atoms with Gasteiger partial charge < -0.3 is 18.9 Å². The van der Waals surface area contributed by atoms with Crippen LogP contribution in [0.2, 0.25) is 0 Å². The Morgan fingerprint density at radius 3 is 1.72 bits per heavy atom. The molecule has 2 unspecified atom stereocenters. The van der Waals surface area contributed by atoms with Crippen LogP contribution < -0.4 is 5.32 Å². The Morgan fingerprint density at radius 2 is 1.26 bits per heavy atom. The quantitative estimate of drug-likeness (QED) is 0.221. The Morgan fingerprint density at radius 1 is 0.767 bits per heavy atom. The van der Waals surface area contributed by atoms with Crippen molar-refractivity contribution in [2.24, 2.45) is 16.7 Å². The zero-order valence-electron chi connectivity index (χ0n) is 26.9. The minimum absolute atomic E-state index is 0.0461. The van der Waals surface area contributed by atoms with E-state index in [2.05, 4.69) is 5.32 Å². The normalized spacial score (nSPS) is 14.8. The number of nitrogens with zero attached hydrogens (tertiary/aromatic N) is 1. The Bertz CT molecular complexity index is 1230. The maximum atomic E-state index is 13.5. The molecule has 0 amide bonds. The standard InChI is InChI=1S/C32H46N2O8S/c1-19(2)16-24(27(35)39-20(3)41-29(37)31(5,6)7)34-25(28(36)40-21(4)42-30(38)32(8,9)10)17-23-18-43-26(33-23)22-14-12-11-13-15-22/h11-15,18-21,24-25,34H,16-17H2,1-10H3/t20?,21?,24-,25-/m0/s1. The van der Waals surface area contributed by atoms with Gasteiger partial charge in [-0.1, -0.05) is 44.2 Å². The van der Waals surface area contributed by atoms with E-state index in [1.165, 1.54) is 25.2 Å². The zero-order valence-corrected chi connectivity index (χ0v) is 27.7. The molecule has 0 bridgehead atoms. The first kappa shape index (κ1) is 35.9. The summed E-state index contributed by atoms with van der Waals surface area (Å²) in [7, 11) is 0. The van der Waals surface area contributed by atoms with Crippen LogP contribution >= 0.6 is 11.3 Å². The van der Waals surface area contributed by atoms with Crippen molar-refractivity contribution in [1.29, 1.82) is 0 Å². The van der Waals surface area contributed by atoms with Gasteiger partial charge in [0.05, 0.1) is 16.5 Å². The van der Waals surface area contributed by atoms with Crippen molar-refractivity contribution in [3.05, 3.63) is 41.4 Å². The summed E-state index contributed by atoms with van der Waals surface area (Å²) in [5, 5.41) is 5.72. The van der Waals surface area contributed by atoms with Crippen LogP contribution in [0, 0.1) is 16.7 Å². The van der Waals surface area contributed by atoms with Crippen LogP contribution in [0.5, 0.6) is 0 Å². The third kappa shape index (κ3) is 12.1. The van der Waals surface area contributed by atoms with Crippen LogP contribution in [-0.4, -0.2) is 53.5 Å². The molecule has 0 aliphatic rings. The van der Waals surface area contributed by atoms with Gasteiger partial charge in [-0.2, -0.15) is 0 Å². The summed E-state index contributed by atoms with van der Waals surface area (Å²) in [5.41, 5.74) is -0.00785. The molecule has 0 saturated carbocycles. The molecule has 4 atom stereocenters. The Labute approximate surface area is 258 Å². The van der Waals surface area contributed by atoms with Crippen molar-refractivity contribution in [1.82, 2.24) is 10.3 Å². The van der Waals surface area contributed by atoms with Gasteiger partial charge in [0.1, 0.15) is 17.1 Å². The molecule has 1 N–H and O–H groups in total. The molecule has 0 fully saturated rings. The van der Waals surface area contributed by atoms with Crippen molar-refractivity contribution in [3.8, 4) is 10.6 Å². The van der Waals surface area contributed by atoms with Crippen LogP contribution in [0.4, 0.5) is 0 Å². The number of ether oxygens (including phenoxy) is 4. The minimum Gasteiger partial charge on any atom is -0.425 e. The summed E-state index contributed by atoms with van der Waals surface area (Å²) in [6, 6.07) is 7.67. The maximum absolute atomic E-state index is 13.5. The van der Waals surface area contributed by atoms with Gasteiger partial charge in [-0.25, -0.2) is 4.98 Å². The number of aromatic nitrogens is 1. The predicted octanol–water partition coefficient (Wildman–Crippen LogP) is 5.68. The average Bonchev–Trinajstić information content (AvgIpc) is 3.35. The fourth-order valence-electron chi connectivity index (χ4n) is 3.67. The SMILES string of the molecule is CC(C)C[C@H](N[C@@H](Cc1csc(-c2ccccc2)n1)C(=O)OC(C)OC(=O)C(C)(C)C)C(=O)OC(C)OC(=O)C(C)(C)C. The van der Waals surface area contributed by atoms with Crippen LogP contribution in [0.15, 0.2) is 35.7 Å². The van der Waals surface area contributed by atoms with E-state index in [0.717, 1.165) is 10.6 Å². The summed E-state index contributed by atoms with van der Waals surface area (Å²) in [4.78, 5) is 56.1. The van der Waals surface area contributed by atoms with Gasteiger partial charge in [-0.15, -0.1) is 11.3 Å². The zero-order chi connectivity index (χ0) is 32.5. The van der Waals surface area contributed by atoms with E-state index in [1.807, 2.05) is 49.6 Å². The van der Waals surface area contributed by atoms with Gasteiger partial charge in [0.15, 0.2) is 0 Å². The first-order chi connectivity index (χ1) is 19.9. The number of carbonyl (C=O) groups excluding carboxylic acids is 4. The lowest BCUT2D eigenvalue weighted by atomic mass is 9.97. The van der Waals surface area contributed by atoms with Gasteiger partial charge in [-0.3, -0.25) is 24.5 Å². The predicted molar refractivity (Wildman–Crippen MR) is 164 cm³/mol. The highest BCUT2D eigenvalue weighted by molar-refractivity contribution is 7.13. The van der Waals surface area contributed by atoms with Crippen molar-refractivity contribution in [2.45, 2.75) is 107 Å². The first-order valence-corrected chi connectivity index (χ1v) is 15.3. The molecule has 2 rings (SSSR count). The van der Waals surface area contributed by atoms with E-state index in [-0.39, 0.29) is 12.3 Å². The number of hydrogen-bond acceptors (Lipinski definition) is 11. The molecule has 0 radical (unpaired) electrons. The molecule has 0 spiro atoms. The Balaban J connectivity index is 2.28. The van der Waals surface area contributed by atoms with Gasteiger partial charge in [0, 0.05) is 31.2 Å². The van der Waals surface area contributed by atoms with Crippen molar-refractivity contribution in [3.63, 3.8) is 0 Å². The number of rotatable bonds is 13. The van der Waals surface area contributed by atoms with Crippen LogP contribution in [0.1, 0.15) is 81.4 Å². The lowest BCUT2D eigenvalue weighted by Crippen LogP contribution is -2.51. The average molecular weight is 619 g/mol. The van der Waals surface area contributed by atoms with E-state index in [4.69, 9.17) is 23.9 Å². The first-order valence-electron chi connectivity index (χ1n) is 14.5. The second kappa shape index (κ2) is 15.4. The highest BCUT2D eigenvalue weighted by Gasteiger charge is 2.34. The van der Waals surface area contributed by atoms with Crippen LogP contribution in [0.25, 0.3) is 10.6 Å². The number of esters is 4. The number of hydrogen-bond donors (Lipinski definition) is 1. The van der Waals surface area contributed by atoms with Crippen molar-refractivity contribution < 1.29 is 38.1 Å². The monoisotopic (exact) mass is 618 g/mol. The van der Waals surface area contributed by atoms with Crippen LogP contribution in [0.3, 0.4) is 0 Å². The fourth-order valence-corrected chi connectivity index (χ4v) is 4.51. The van der Waals surface area contributed by atoms with Crippen molar-refractivity contribution in [2.75, 3.05) is 0 Å². The van der Waals surface area contributed by atoms with Crippen molar-refractivity contribution >= 4 is 35.2 Å². The number of benzene rings is 1. The third-order valence-corrected chi connectivity index (χ3v) is 6.94. The summed E-state index contributed by atoms with van der Waals surface area (Å²) in [5.74, 6) is -2.40. The maximum Gasteiger partial charge on any atom is 0.326 e. The lowest BCUT2D eigenvalue weighted by Gasteiger charge is -2.27. The Kier molecular flexibility index (Phi) is 12.9. The summed E-state index contributed by atoms with van der Waals surface area (Å²) < 4.78 is 21.6. The molecule has 238 valence electrons. The van der Waals surface area contributed by atoms with E-state index in [0.29, 0.717) is 12.1 Å². The second-order valence-electron chi connectivity index (χ2n) is 12.9. The topological polar surface area (TPSA) is 130 Å². The Hall–Kier alpha value is -3.31. The lowest BCUT2D eigenvalue weighted by molar-refractivity contribution is -0.192. The van der Waals surface area contributed by atoms with Gasteiger partial charge in [0.2, 0.25) is 12.6 Å². The van der Waals surface area contributed by atoms with Gasteiger partial charge >= 0.3 is 23.9 Å². The molecule has 0 saturated heterocycles. The molecule has 0 aliphatic carbocycles. The van der Waals surface area contributed by atoms with E-state index < -0.39 is 59.4 Å². The van der Waals surface area contributed by atoms with Gasteiger partial charge in [0.25, 0.3) is 0 Å². The summed E-state index contributed by atoms with van der Waals surface area (Å²) in [6.07, 6.45) is -1.88. The molecular weight excluding hydrogens is 572 g/mol. The van der Waals surface area contributed by atoms with Crippen LogP contribution in [-0.2, 0) is 44.5 Å². The second-order valence-corrected chi connectivity index (χ2v) is 13.8. The molecule has 0 aliphatic heterocycles. The molecule has 11 heteroatoms. The van der Waals surface area contributed by atoms with E-state index >= 15 is 0 Å². The summed E-state index contributed by atoms with van der Waals surface area (Å²) >= 11 is 1.43. The highest BCUT2D eigenvalue weighted by atomic mass is 32.1. The minimum atomic E-state index is -1.16.